The van der Waals surface area contributed by atoms with Crippen LogP contribution in [-0.2, 0) is 0 Å². The van der Waals surface area contributed by atoms with Crippen molar-refractivity contribution in [1.29, 1.82) is 0 Å². The van der Waals surface area contributed by atoms with Crippen molar-refractivity contribution in [1.82, 2.24) is 14.5 Å². The molecule has 0 saturated carbocycles. The SMILES string of the molecule is COc1cccc(C(=O)Nc2ccc(-n3c(C)nc4ncccc4c3=O)cc2C)c1OC. The van der Waals surface area contributed by atoms with Crippen LogP contribution in [0.15, 0.2) is 59.5 Å². The van der Waals surface area contributed by atoms with Crippen molar-refractivity contribution in [2.45, 2.75) is 13.8 Å². The molecule has 0 atom stereocenters. The number of nitrogens with zero attached hydrogens (tertiary/aromatic N) is 3. The van der Waals surface area contributed by atoms with Crippen LogP contribution in [0.4, 0.5) is 5.69 Å². The fourth-order valence-corrected chi connectivity index (χ4v) is 3.61. The number of rotatable bonds is 5. The monoisotopic (exact) mass is 430 g/mol. The highest BCUT2D eigenvalue weighted by atomic mass is 16.5. The van der Waals surface area contributed by atoms with E-state index in [9.17, 15) is 9.59 Å². The Morgan fingerprint density at radius 1 is 1.03 bits per heavy atom. The van der Waals surface area contributed by atoms with Crippen molar-refractivity contribution < 1.29 is 14.3 Å². The Bertz CT molecular complexity index is 1390. The van der Waals surface area contributed by atoms with Crippen molar-refractivity contribution >= 4 is 22.6 Å². The van der Waals surface area contributed by atoms with Gasteiger partial charge in [-0.3, -0.25) is 14.2 Å². The number of hydrogen-bond donors (Lipinski definition) is 1. The molecule has 4 rings (SSSR count). The first-order valence-corrected chi connectivity index (χ1v) is 9.92. The molecule has 0 aliphatic rings. The number of methoxy groups -OCH3 is 2. The van der Waals surface area contributed by atoms with E-state index in [2.05, 4.69) is 15.3 Å². The molecule has 1 N–H and O–H groups in total. The number of carbonyl (C=O) groups is 1. The first-order valence-electron chi connectivity index (χ1n) is 9.92. The summed E-state index contributed by atoms with van der Waals surface area (Å²) in [6.07, 6.45) is 1.61. The van der Waals surface area contributed by atoms with E-state index in [1.807, 2.05) is 13.0 Å². The van der Waals surface area contributed by atoms with E-state index in [0.717, 1.165) is 5.56 Å². The zero-order chi connectivity index (χ0) is 22.8. The van der Waals surface area contributed by atoms with Crippen LogP contribution in [-0.4, -0.2) is 34.7 Å². The first kappa shape index (κ1) is 21.0. The maximum atomic E-state index is 13.0. The van der Waals surface area contributed by atoms with Gasteiger partial charge in [0.2, 0.25) is 0 Å². The van der Waals surface area contributed by atoms with Crippen LogP contribution < -0.4 is 20.3 Å². The summed E-state index contributed by atoms with van der Waals surface area (Å²) in [6, 6.07) is 13.9. The fourth-order valence-electron chi connectivity index (χ4n) is 3.61. The Morgan fingerprint density at radius 3 is 2.56 bits per heavy atom. The lowest BCUT2D eigenvalue weighted by Gasteiger charge is -2.15. The second-order valence-corrected chi connectivity index (χ2v) is 7.17. The molecule has 0 bridgehead atoms. The van der Waals surface area contributed by atoms with Gasteiger partial charge in [0.15, 0.2) is 17.1 Å². The standard InChI is InChI=1S/C24H22N4O4/c1-14-13-16(28-15(2)26-22-18(24(28)30)8-6-12-25-22)10-11-19(14)27-23(29)17-7-5-9-20(31-3)21(17)32-4/h5-13H,1-4H3,(H,27,29). The number of ether oxygens (including phenoxy) is 2. The van der Waals surface area contributed by atoms with Crippen LogP contribution >= 0.6 is 0 Å². The Hall–Kier alpha value is -4.20. The molecule has 0 saturated heterocycles. The molecule has 1 amide bonds. The molecular formula is C24H22N4O4. The molecule has 0 spiro atoms. The van der Waals surface area contributed by atoms with Crippen molar-refractivity contribution in [2.24, 2.45) is 0 Å². The molecule has 2 heterocycles. The zero-order valence-electron chi connectivity index (χ0n) is 18.2. The summed E-state index contributed by atoms with van der Waals surface area (Å²) in [5, 5.41) is 3.35. The van der Waals surface area contributed by atoms with Crippen molar-refractivity contribution in [3.8, 4) is 17.2 Å². The predicted molar refractivity (Wildman–Crippen MR) is 122 cm³/mol. The van der Waals surface area contributed by atoms with Gasteiger partial charge in [0, 0.05) is 11.9 Å². The van der Waals surface area contributed by atoms with Crippen LogP contribution in [0.2, 0.25) is 0 Å². The summed E-state index contributed by atoms with van der Waals surface area (Å²) < 4.78 is 12.2. The van der Waals surface area contributed by atoms with Gasteiger partial charge in [-0.25, -0.2) is 9.97 Å². The highest BCUT2D eigenvalue weighted by Gasteiger charge is 2.18. The smallest absolute Gasteiger partial charge is 0.267 e. The van der Waals surface area contributed by atoms with Gasteiger partial charge in [-0.05, 0) is 61.9 Å². The molecule has 8 nitrogen and oxygen atoms in total. The van der Waals surface area contributed by atoms with Crippen molar-refractivity contribution in [2.75, 3.05) is 19.5 Å². The van der Waals surface area contributed by atoms with Crippen molar-refractivity contribution in [3.63, 3.8) is 0 Å². The van der Waals surface area contributed by atoms with Crippen LogP contribution in [0.3, 0.4) is 0 Å². The number of benzene rings is 2. The molecule has 0 fully saturated rings. The zero-order valence-corrected chi connectivity index (χ0v) is 18.2. The number of carbonyl (C=O) groups excluding carboxylic acids is 1. The van der Waals surface area contributed by atoms with Crippen LogP contribution in [0.25, 0.3) is 16.7 Å². The topological polar surface area (TPSA) is 95.3 Å². The highest BCUT2D eigenvalue weighted by Crippen LogP contribution is 2.31. The average Bonchev–Trinajstić information content (AvgIpc) is 2.80. The lowest BCUT2D eigenvalue weighted by atomic mass is 10.1. The number of para-hydroxylation sites is 1. The molecule has 32 heavy (non-hydrogen) atoms. The van der Waals surface area contributed by atoms with Crippen LogP contribution in [0.5, 0.6) is 11.5 Å². The normalized spacial score (nSPS) is 10.8. The predicted octanol–water partition coefficient (Wildman–Crippen LogP) is 3.67. The molecule has 2 aromatic heterocycles. The Kier molecular flexibility index (Phi) is 5.59. The van der Waals surface area contributed by atoms with Gasteiger partial charge in [0.05, 0.1) is 30.9 Å². The third kappa shape index (κ3) is 3.66. The van der Waals surface area contributed by atoms with Crippen LogP contribution in [0, 0.1) is 13.8 Å². The summed E-state index contributed by atoms with van der Waals surface area (Å²) in [5.74, 6) is 1.03. The number of pyridine rings is 1. The molecule has 8 heteroatoms. The van der Waals surface area contributed by atoms with Gasteiger partial charge in [-0.1, -0.05) is 6.07 Å². The number of aryl methyl sites for hydroxylation is 2. The van der Waals surface area contributed by atoms with Gasteiger partial charge in [0.25, 0.3) is 11.5 Å². The molecule has 0 radical (unpaired) electrons. The number of amides is 1. The maximum Gasteiger partial charge on any atom is 0.267 e. The Labute approximate surface area is 184 Å². The number of anilines is 1. The van der Waals surface area contributed by atoms with E-state index >= 15 is 0 Å². The molecule has 0 aliphatic carbocycles. The molecule has 162 valence electrons. The van der Waals surface area contributed by atoms with E-state index in [4.69, 9.17) is 9.47 Å². The minimum Gasteiger partial charge on any atom is -0.493 e. The second kappa shape index (κ2) is 8.50. The lowest BCUT2D eigenvalue weighted by Crippen LogP contribution is -2.23. The average molecular weight is 430 g/mol. The molecule has 0 aliphatic heterocycles. The molecule has 4 aromatic rings. The number of aromatic nitrogens is 3. The molecular weight excluding hydrogens is 408 g/mol. The summed E-state index contributed by atoms with van der Waals surface area (Å²) in [7, 11) is 3.01. The first-order chi connectivity index (χ1) is 15.4. The summed E-state index contributed by atoms with van der Waals surface area (Å²) in [4.78, 5) is 34.5. The number of nitrogens with one attached hydrogen (secondary N) is 1. The molecule has 2 aromatic carbocycles. The lowest BCUT2D eigenvalue weighted by molar-refractivity contribution is 0.102. The summed E-state index contributed by atoms with van der Waals surface area (Å²) in [5.41, 5.74) is 2.63. The minimum absolute atomic E-state index is 0.196. The fraction of sp³-hybridized carbons (Fsp3) is 0.167. The van der Waals surface area contributed by atoms with Gasteiger partial charge >= 0.3 is 0 Å². The van der Waals surface area contributed by atoms with E-state index in [0.29, 0.717) is 45.3 Å². The Morgan fingerprint density at radius 2 is 1.84 bits per heavy atom. The highest BCUT2D eigenvalue weighted by molar-refractivity contribution is 6.07. The van der Waals surface area contributed by atoms with E-state index in [-0.39, 0.29) is 11.5 Å². The number of fused-ring (bicyclic) bond motifs is 1. The van der Waals surface area contributed by atoms with Crippen LogP contribution in [0.1, 0.15) is 21.7 Å². The van der Waals surface area contributed by atoms with E-state index < -0.39 is 0 Å². The Balaban J connectivity index is 1.69. The number of hydrogen-bond acceptors (Lipinski definition) is 6. The minimum atomic E-state index is -0.330. The third-order valence-electron chi connectivity index (χ3n) is 5.18. The van der Waals surface area contributed by atoms with Gasteiger partial charge in [-0.2, -0.15) is 0 Å². The largest absolute Gasteiger partial charge is 0.493 e. The van der Waals surface area contributed by atoms with Gasteiger partial charge < -0.3 is 14.8 Å². The van der Waals surface area contributed by atoms with Gasteiger partial charge in [0.1, 0.15) is 5.82 Å². The van der Waals surface area contributed by atoms with Crippen molar-refractivity contribution in [3.05, 3.63) is 82.0 Å². The third-order valence-corrected chi connectivity index (χ3v) is 5.18. The maximum absolute atomic E-state index is 13.0. The quantitative estimate of drug-likeness (QED) is 0.519. The van der Waals surface area contributed by atoms with E-state index in [1.54, 1.807) is 55.6 Å². The summed E-state index contributed by atoms with van der Waals surface area (Å²) >= 11 is 0. The van der Waals surface area contributed by atoms with Gasteiger partial charge in [-0.15, -0.1) is 0 Å². The van der Waals surface area contributed by atoms with E-state index in [1.165, 1.54) is 18.8 Å². The second-order valence-electron chi connectivity index (χ2n) is 7.17. The molecule has 0 unspecified atom stereocenters. The summed E-state index contributed by atoms with van der Waals surface area (Å²) in [6.45, 7) is 3.62.